The van der Waals surface area contributed by atoms with Gasteiger partial charge in [0.2, 0.25) is 10.0 Å². The molecule has 1 aromatic heterocycles. The van der Waals surface area contributed by atoms with Gasteiger partial charge in [-0.1, -0.05) is 19.1 Å². The highest BCUT2D eigenvalue weighted by Crippen LogP contribution is 2.37. The molecule has 10 heteroatoms. The molecule has 2 aromatic rings. The van der Waals surface area contributed by atoms with Crippen molar-refractivity contribution in [2.75, 3.05) is 18.8 Å². The number of hydrogen-bond acceptors (Lipinski definition) is 4. The molecule has 2 atom stereocenters. The molecule has 3 heterocycles. The lowest BCUT2D eigenvalue weighted by Gasteiger charge is -2.42. The number of halogens is 3. The molecule has 0 spiro atoms. The topological polar surface area (TPSA) is 68.6 Å². The third-order valence-corrected chi connectivity index (χ3v) is 7.83. The number of pyridine rings is 1. The van der Waals surface area contributed by atoms with Crippen molar-refractivity contribution in [3.8, 4) is 16.9 Å². The lowest BCUT2D eigenvalue weighted by molar-refractivity contribution is -0.274. The Morgan fingerprint density at radius 1 is 1.06 bits per heavy atom. The quantitative estimate of drug-likeness (QED) is 0.690. The number of sulfonamides is 1. The van der Waals surface area contributed by atoms with Gasteiger partial charge in [-0.25, -0.2) is 12.7 Å². The van der Waals surface area contributed by atoms with Crippen molar-refractivity contribution in [1.82, 2.24) is 8.87 Å². The van der Waals surface area contributed by atoms with Crippen molar-refractivity contribution in [2.24, 2.45) is 5.92 Å². The van der Waals surface area contributed by atoms with E-state index in [1.165, 1.54) is 24.3 Å². The predicted molar refractivity (Wildman–Crippen MR) is 109 cm³/mol. The predicted octanol–water partition coefficient (Wildman–Crippen LogP) is 3.57. The average Bonchev–Trinajstić information content (AvgIpc) is 2.68. The van der Waals surface area contributed by atoms with Gasteiger partial charge < -0.3 is 9.30 Å². The fourth-order valence-electron chi connectivity index (χ4n) is 4.57. The molecule has 4 rings (SSSR count). The summed E-state index contributed by atoms with van der Waals surface area (Å²) >= 11 is 0. The van der Waals surface area contributed by atoms with Crippen LogP contribution < -0.4 is 10.3 Å². The third-order valence-electron chi connectivity index (χ3n) is 5.83. The molecule has 2 aliphatic rings. The van der Waals surface area contributed by atoms with Gasteiger partial charge >= 0.3 is 6.36 Å². The number of fused-ring (bicyclic) bond motifs is 4. The van der Waals surface area contributed by atoms with Gasteiger partial charge in [0.1, 0.15) is 5.75 Å². The van der Waals surface area contributed by atoms with E-state index in [0.29, 0.717) is 37.2 Å². The van der Waals surface area contributed by atoms with Crippen molar-refractivity contribution in [3.05, 3.63) is 52.4 Å². The lowest BCUT2D eigenvalue weighted by atomic mass is 9.84. The Bertz CT molecular complexity index is 1130. The van der Waals surface area contributed by atoms with Crippen LogP contribution in [0.5, 0.6) is 5.75 Å². The monoisotopic (exact) mass is 456 g/mol. The molecule has 6 nitrogen and oxygen atoms in total. The van der Waals surface area contributed by atoms with E-state index < -0.39 is 16.4 Å². The molecule has 0 unspecified atom stereocenters. The minimum absolute atomic E-state index is 0.0494. The van der Waals surface area contributed by atoms with Crippen LogP contribution in [-0.4, -0.2) is 42.5 Å². The number of piperidine rings is 1. The van der Waals surface area contributed by atoms with Gasteiger partial charge in [0.15, 0.2) is 0 Å². The van der Waals surface area contributed by atoms with Crippen LogP contribution in [0.15, 0.2) is 41.2 Å². The van der Waals surface area contributed by atoms with E-state index in [9.17, 15) is 26.4 Å². The van der Waals surface area contributed by atoms with Crippen molar-refractivity contribution < 1.29 is 26.3 Å². The number of ether oxygens (including phenoxy) is 1. The minimum Gasteiger partial charge on any atom is -0.406 e. The summed E-state index contributed by atoms with van der Waals surface area (Å²) in [6.07, 6.45) is -3.38. The van der Waals surface area contributed by atoms with Crippen LogP contribution in [0.1, 0.15) is 31.4 Å². The van der Waals surface area contributed by atoms with Gasteiger partial charge in [-0.15, -0.1) is 13.2 Å². The van der Waals surface area contributed by atoms with E-state index in [1.54, 1.807) is 14.9 Å². The molecule has 31 heavy (non-hydrogen) atoms. The Kier molecular flexibility index (Phi) is 5.63. The molecule has 0 radical (unpaired) electrons. The molecule has 0 N–H and O–H groups in total. The zero-order valence-corrected chi connectivity index (χ0v) is 17.7. The van der Waals surface area contributed by atoms with Crippen molar-refractivity contribution >= 4 is 10.0 Å². The van der Waals surface area contributed by atoms with Gasteiger partial charge in [-0.05, 0) is 48.6 Å². The van der Waals surface area contributed by atoms with Gasteiger partial charge in [0.05, 0.1) is 5.75 Å². The number of benzene rings is 1. The molecule has 0 saturated carbocycles. The fourth-order valence-corrected chi connectivity index (χ4v) is 6.19. The van der Waals surface area contributed by atoms with E-state index in [4.69, 9.17) is 0 Å². The molecule has 1 fully saturated rings. The second-order valence-corrected chi connectivity index (χ2v) is 10.2. The van der Waals surface area contributed by atoms with Gasteiger partial charge in [0, 0.05) is 36.8 Å². The first-order valence-corrected chi connectivity index (χ1v) is 11.8. The smallest absolute Gasteiger partial charge is 0.406 e. The van der Waals surface area contributed by atoms with Crippen LogP contribution in [-0.2, 0) is 16.6 Å². The van der Waals surface area contributed by atoms with Gasteiger partial charge in [0.25, 0.3) is 5.56 Å². The summed E-state index contributed by atoms with van der Waals surface area (Å²) in [6.45, 7) is 3.02. The molecule has 2 aliphatic heterocycles. The van der Waals surface area contributed by atoms with Crippen LogP contribution in [0.2, 0.25) is 0 Å². The Morgan fingerprint density at radius 2 is 1.77 bits per heavy atom. The summed E-state index contributed by atoms with van der Waals surface area (Å²) in [5.74, 6) is -0.235. The summed E-state index contributed by atoms with van der Waals surface area (Å²) in [5, 5.41) is 0. The molecule has 0 amide bonds. The van der Waals surface area contributed by atoms with Gasteiger partial charge in [-0.2, -0.15) is 0 Å². The zero-order valence-electron chi connectivity index (χ0n) is 16.9. The maximum atomic E-state index is 13.2. The number of aromatic nitrogens is 1. The summed E-state index contributed by atoms with van der Waals surface area (Å²) < 4.78 is 69.3. The van der Waals surface area contributed by atoms with Crippen molar-refractivity contribution in [3.63, 3.8) is 0 Å². The Morgan fingerprint density at radius 3 is 2.42 bits per heavy atom. The molecule has 2 bridgehead atoms. The van der Waals surface area contributed by atoms with E-state index >= 15 is 0 Å². The average molecular weight is 456 g/mol. The third kappa shape index (κ3) is 4.50. The van der Waals surface area contributed by atoms with Gasteiger partial charge in [-0.3, -0.25) is 4.79 Å². The maximum Gasteiger partial charge on any atom is 0.573 e. The van der Waals surface area contributed by atoms with E-state index in [0.717, 1.165) is 12.1 Å². The summed E-state index contributed by atoms with van der Waals surface area (Å²) in [6, 6.07) is 8.69. The highest BCUT2D eigenvalue weighted by molar-refractivity contribution is 7.89. The standard InChI is InChI=1S/C21H23F3N2O4S/c1-2-9-31(28,29)25-11-14-10-16(13-25)19-8-7-18(20(27)26(19)12-14)15-3-5-17(6-4-15)30-21(22,23)24/h3-8,14,16H,2,9-13H2,1H3/t14-,16+/m0/s1. The SMILES string of the molecule is CCCS(=O)(=O)N1C[C@@H]2C[C@H](C1)c1ccc(-c3ccc(OC(F)(F)F)cc3)c(=O)n1C2. The molecule has 0 aliphatic carbocycles. The number of nitrogens with zero attached hydrogens (tertiary/aromatic N) is 2. The van der Waals surface area contributed by atoms with Crippen molar-refractivity contribution in [1.29, 1.82) is 0 Å². The normalized spacial score (nSPS) is 21.5. The Hall–Kier alpha value is -2.33. The summed E-state index contributed by atoms with van der Waals surface area (Å²) in [5.41, 5.74) is 1.47. The Balaban J connectivity index is 1.62. The van der Waals surface area contributed by atoms with Crippen LogP contribution >= 0.6 is 0 Å². The fraction of sp³-hybridized carbons (Fsp3) is 0.476. The number of alkyl halides is 3. The van der Waals surface area contributed by atoms with Crippen LogP contribution in [0.4, 0.5) is 13.2 Å². The van der Waals surface area contributed by atoms with Crippen LogP contribution in [0.3, 0.4) is 0 Å². The van der Waals surface area contributed by atoms with Crippen LogP contribution in [0, 0.1) is 5.92 Å². The second-order valence-electron chi connectivity index (χ2n) is 8.09. The molecule has 168 valence electrons. The highest BCUT2D eigenvalue weighted by Gasteiger charge is 2.39. The van der Waals surface area contributed by atoms with E-state index in [1.807, 2.05) is 13.0 Å². The molecular weight excluding hydrogens is 433 g/mol. The van der Waals surface area contributed by atoms with Crippen LogP contribution in [0.25, 0.3) is 11.1 Å². The number of hydrogen-bond donors (Lipinski definition) is 0. The first-order chi connectivity index (χ1) is 14.6. The van der Waals surface area contributed by atoms with E-state index in [-0.39, 0.29) is 28.9 Å². The largest absolute Gasteiger partial charge is 0.573 e. The zero-order chi connectivity index (χ0) is 22.4. The summed E-state index contributed by atoms with van der Waals surface area (Å²) in [7, 11) is -3.30. The lowest BCUT2D eigenvalue weighted by Crippen LogP contribution is -2.49. The minimum atomic E-state index is -4.77. The summed E-state index contributed by atoms with van der Waals surface area (Å²) in [4.78, 5) is 13.2. The maximum absolute atomic E-state index is 13.2. The Labute approximate surface area is 178 Å². The first kappa shape index (κ1) is 21.9. The molecular formula is C21H23F3N2O4S. The van der Waals surface area contributed by atoms with E-state index in [2.05, 4.69) is 4.74 Å². The molecule has 1 saturated heterocycles. The second kappa shape index (κ2) is 7.98. The highest BCUT2D eigenvalue weighted by atomic mass is 32.2. The number of rotatable bonds is 5. The molecule has 1 aromatic carbocycles. The van der Waals surface area contributed by atoms with Crippen molar-refractivity contribution in [2.45, 2.75) is 38.6 Å². The first-order valence-electron chi connectivity index (χ1n) is 10.1.